The van der Waals surface area contributed by atoms with Crippen LogP contribution < -0.4 is 10.0 Å². The number of hydrogen-bond acceptors (Lipinski definition) is 3. The first-order chi connectivity index (χ1) is 7.99. The number of fused-ring (bicyclic) bond motifs is 1. The molecule has 17 heavy (non-hydrogen) atoms. The fourth-order valence-electron chi connectivity index (χ4n) is 1.69. The Morgan fingerprint density at radius 3 is 2.82 bits per heavy atom. The normalized spacial score (nSPS) is 14.6. The number of nitrogens with one attached hydrogen (secondary N) is 2. The van der Waals surface area contributed by atoms with Gasteiger partial charge in [0.25, 0.3) is 0 Å². The lowest BCUT2D eigenvalue weighted by Gasteiger charge is -2.07. The Labute approximate surface area is 106 Å². The lowest BCUT2D eigenvalue weighted by molar-refractivity contribution is 0.585. The summed E-state index contributed by atoms with van der Waals surface area (Å²) in [5, 5.41) is 3.43. The maximum Gasteiger partial charge on any atom is 0.240 e. The summed E-state index contributed by atoms with van der Waals surface area (Å²) in [4.78, 5) is 0.262. The maximum atomic E-state index is 11.9. The molecule has 6 heteroatoms. The number of sulfonamides is 1. The van der Waals surface area contributed by atoms with Crippen molar-refractivity contribution in [3.63, 3.8) is 0 Å². The van der Waals surface area contributed by atoms with E-state index in [-0.39, 0.29) is 16.5 Å². The lowest BCUT2D eigenvalue weighted by Crippen LogP contribution is -2.24. The van der Waals surface area contributed by atoms with E-state index in [1.165, 1.54) is 0 Å². The summed E-state index contributed by atoms with van der Waals surface area (Å²) in [6, 6.07) is 5.12. The van der Waals surface area contributed by atoms with Crippen molar-refractivity contribution >= 4 is 21.6 Å². The van der Waals surface area contributed by atoms with Gasteiger partial charge >= 0.3 is 0 Å². The Morgan fingerprint density at radius 2 is 2.12 bits per heavy atom. The first-order valence-corrected chi connectivity index (χ1v) is 7.00. The predicted molar refractivity (Wildman–Crippen MR) is 67.2 cm³/mol. The topological polar surface area (TPSA) is 58.2 Å². The molecule has 0 unspecified atom stereocenters. The molecule has 1 heterocycles. The summed E-state index contributed by atoms with van der Waals surface area (Å²) in [6.07, 6.45) is 0. The molecule has 0 saturated heterocycles. The van der Waals surface area contributed by atoms with Crippen LogP contribution in [0.15, 0.2) is 34.7 Å². The Morgan fingerprint density at radius 1 is 1.41 bits per heavy atom. The van der Waals surface area contributed by atoms with Crippen LogP contribution in [0.25, 0.3) is 0 Å². The fraction of sp³-hybridized carbons (Fsp3) is 0.273. The molecule has 2 N–H and O–H groups in total. The highest BCUT2D eigenvalue weighted by molar-refractivity contribution is 7.89. The third kappa shape index (κ3) is 2.87. The van der Waals surface area contributed by atoms with Crippen molar-refractivity contribution in [1.82, 2.24) is 10.0 Å². The summed E-state index contributed by atoms with van der Waals surface area (Å²) < 4.78 is 26.2. The van der Waals surface area contributed by atoms with Crippen LogP contribution in [0.2, 0.25) is 0 Å². The summed E-state index contributed by atoms with van der Waals surface area (Å²) in [6.45, 7) is 4.98. The van der Waals surface area contributed by atoms with Crippen LogP contribution in [0.4, 0.5) is 0 Å². The van der Waals surface area contributed by atoms with Crippen molar-refractivity contribution in [2.75, 3.05) is 6.54 Å². The molecule has 2 rings (SSSR count). The van der Waals surface area contributed by atoms with Gasteiger partial charge in [0.1, 0.15) is 0 Å². The van der Waals surface area contributed by atoms with Crippen LogP contribution >= 0.6 is 11.6 Å². The van der Waals surface area contributed by atoms with Gasteiger partial charge in [0, 0.05) is 24.7 Å². The Balaban J connectivity index is 2.24. The monoisotopic (exact) mass is 272 g/mol. The average molecular weight is 273 g/mol. The van der Waals surface area contributed by atoms with Gasteiger partial charge in [-0.2, -0.15) is 0 Å². The molecule has 0 radical (unpaired) electrons. The molecular weight excluding hydrogens is 260 g/mol. The van der Waals surface area contributed by atoms with E-state index in [9.17, 15) is 8.42 Å². The number of hydrogen-bond donors (Lipinski definition) is 2. The van der Waals surface area contributed by atoms with Gasteiger partial charge < -0.3 is 5.32 Å². The van der Waals surface area contributed by atoms with E-state index >= 15 is 0 Å². The van der Waals surface area contributed by atoms with Gasteiger partial charge in [0.2, 0.25) is 10.0 Å². The van der Waals surface area contributed by atoms with Crippen LogP contribution in [0.5, 0.6) is 0 Å². The fourth-order valence-corrected chi connectivity index (χ4v) is 2.92. The van der Waals surface area contributed by atoms with Gasteiger partial charge in [-0.15, -0.1) is 0 Å². The molecule has 0 saturated carbocycles. The minimum absolute atomic E-state index is 0.0409. The summed E-state index contributed by atoms with van der Waals surface area (Å²) in [7, 11) is -3.50. The Hall–Kier alpha value is -0.880. The highest BCUT2D eigenvalue weighted by Gasteiger charge is 2.17. The summed E-state index contributed by atoms with van der Waals surface area (Å²) in [5.41, 5.74) is 2.17. The molecule has 0 aliphatic carbocycles. The zero-order valence-electron chi connectivity index (χ0n) is 9.16. The number of rotatable bonds is 4. The van der Waals surface area contributed by atoms with Crippen LogP contribution in [-0.4, -0.2) is 15.0 Å². The third-order valence-corrected chi connectivity index (χ3v) is 4.11. The van der Waals surface area contributed by atoms with E-state index in [0.717, 1.165) is 17.7 Å². The average Bonchev–Trinajstić information content (AvgIpc) is 2.73. The van der Waals surface area contributed by atoms with Crippen molar-refractivity contribution in [3.8, 4) is 0 Å². The molecule has 0 bridgehead atoms. The minimum atomic E-state index is -3.50. The quantitative estimate of drug-likeness (QED) is 0.869. The Bertz CT molecular complexity index is 555. The standard InChI is InChI=1S/C11H13ClN2O2S/c1-8(12)5-14-17(15,16)11-3-2-9-6-13-7-10(9)4-11/h2-4,13-14H,1,5-7H2. The van der Waals surface area contributed by atoms with Gasteiger partial charge in [0.05, 0.1) is 4.90 Å². The van der Waals surface area contributed by atoms with Crippen LogP contribution in [0.3, 0.4) is 0 Å². The highest BCUT2D eigenvalue weighted by Crippen LogP contribution is 2.19. The molecule has 1 aliphatic rings. The van der Waals surface area contributed by atoms with Crippen LogP contribution in [0.1, 0.15) is 11.1 Å². The van der Waals surface area contributed by atoms with Gasteiger partial charge in [-0.3, -0.25) is 0 Å². The first-order valence-electron chi connectivity index (χ1n) is 5.14. The van der Waals surface area contributed by atoms with Crippen molar-refractivity contribution in [2.24, 2.45) is 0 Å². The summed E-state index contributed by atoms with van der Waals surface area (Å²) in [5.74, 6) is 0. The second-order valence-corrected chi connectivity index (χ2v) is 6.18. The van der Waals surface area contributed by atoms with Crippen LogP contribution in [-0.2, 0) is 23.1 Å². The number of halogens is 1. The smallest absolute Gasteiger partial charge is 0.240 e. The van der Waals surface area contributed by atoms with Gasteiger partial charge in [-0.1, -0.05) is 24.2 Å². The molecule has 0 amide bonds. The molecule has 1 aromatic carbocycles. The van der Waals surface area contributed by atoms with Crippen LogP contribution in [0, 0.1) is 0 Å². The molecule has 0 fully saturated rings. The lowest BCUT2D eigenvalue weighted by atomic mass is 10.1. The molecule has 0 spiro atoms. The van der Waals surface area contributed by atoms with E-state index in [1.807, 2.05) is 6.07 Å². The molecule has 1 aromatic rings. The SMILES string of the molecule is C=C(Cl)CNS(=O)(=O)c1ccc2c(c1)CNC2. The molecule has 4 nitrogen and oxygen atoms in total. The zero-order valence-corrected chi connectivity index (χ0v) is 10.7. The van der Waals surface area contributed by atoms with Gasteiger partial charge in [-0.25, -0.2) is 13.1 Å². The molecule has 0 aromatic heterocycles. The second-order valence-electron chi connectivity index (χ2n) is 3.88. The van der Waals surface area contributed by atoms with E-state index in [1.54, 1.807) is 12.1 Å². The summed E-state index contributed by atoms with van der Waals surface area (Å²) >= 11 is 5.53. The van der Waals surface area contributed by atoms with Gasteiger partial charge in [0.15, 0.2) is 0 Å². The highest BCUT2D eigenvalue weighted by atomic mass is 35.5. The van der Waals surface area contributed by atoms with E-state index < -0.39 is 10.0 Å². The van der Waals surface area contributed by atoms with Gasteiger partial charge in [-0.05, 0) is 23.3 Å². The zero-order chi connectivity index (χ0) is 12.5. The molecule has 0 atom stereocenters. The predicted octanol–water partition coefficient (Wildman–Crippen LogP) is 1.32. The molecular formula is C11H13ClN2O2S. The second kappa shape index (κ2) is 4.78. The number of benzene rings is 1. The third-order valence-electron chi connectivity index (χ3n) is 2.57. The van der Waals surface area contributed by atoms with E-state index in [0.29, 0.717) is 6.54 Å². The largest absolute Gasteiger partial charge is 0.309 e. The van der Waals surface area contributed by atoms with Crippen molar-refractivity contribution in [2.45, 2.75) is 18.0 Å². The van der Waals surface area contributed by atoms with Crippen molar-refractivity contribution < 1.29 is 8.42 Å². The Kier molecular flexibility index (Phi) is 3.53. The van der Waals surface area contributed by atoms with Crippen molar-refractivity contribution in [3.05, 3.63) is 40.9 Å². The van der Waals surface area contributed by atoms with E-state index in [4.69, 9.17) is 11.6 Å². The minimum Gasteiger partial charge on any atom is -0.309 e. The molecule has 1 aliphatic heterocycles. The van der Waals surface area contributed by atoms with E-state index in [2.05, 4.69) is 16.6 Å². The molecule has 92 valence electrons. The van der Waals surface area contributed by atoms with Crippen molar-refractivity contribution in [1.29, 1.82) is 0 Å². The first kappa shape index (κ1) is 12.6. The maximum absolute atomic E-state index is 11.9.